The van der Waals surface area contributed by atoms with Gasteiger partial charge < -0.3 is 0 Å². The van der Waals surface area contributed by atoms with Crippen molar-refractivity contribution in [3.05, 3.63) is 51.5 Å². The van der Waals surface area contributed by atoms with Crippen molar-refractivity contribution in [3.63, 3.8) is 0 Å². The minimum Gasteiger partial charge on any atom is -0.247 e. The Morgan fingerprint density at radius 3 is 3.00 bits per heavy atom. The average Bonchev–Trinajstić information content (AvgIpc) is 2.79. The van der Waals surface area contributed by atoms with Crippen molar-refractivity contribution in [1.82, 2.24) is 4.98 Å². The first kappa shape index (κ1) is 12.2. The van der Waals surface area contributed by atoms with Crippen molar-refractivity contribution in [3.8, 4) is 0 Å². The summed E-state index contributed by atoms with van der Waals surface area (Å²) in [5.41, 5.74) is 3.94. The van der Waals surface area contributed by atoms with Crippen molar-refractivity contribution >= 4 is 22.9 Å². The van der Waals surface area contributed by atoms with Gasteiger partial charge in [0.25, 0.3) is 0 Å². The molecule has 2 unspecified atom stereocenters. The number of nitrogens with zero attached hydrogens (tertiary/aromatic N) is 1. The predicted molar refractivity (Wildman–Crippen MR) is 77.4 cm³/mol. The van der Waals surface area contributed by atoms with Crippen LogP contribution in [0.5, 0.6) is 0 Å². The quantitative estimate of drug-likeness (QED) is 0.735. The fraction of sp³-hybridized carbons (Fsp3) is 0.400. The summed E-state index contributed by atoms with van der Waals surface area (Å²) >= 11 is 8.37. The fourth-order valence-corrected chi connectivity index (χ4v) is 3.80. The number of hydrogen-bond donors (Lipinski definition) is 0. The molecule has 18 heavy (non-hydrogen) atoms. The number of halogens is 1. The van der Waals surface area contributed by atoms with Crippen molar-refractivity contribution in [2.75, 3.05) is 0 Å². The number of aryl methyl sites for hydroxylation is 2. The number of fused-ring (bicyclic) bond motifs is 1. The third-order valence-corrected chi connectivity index (χ3v) is 5.10. The Labute approximate surface area is 117 Å². The van der Waals surface area contributed by atoms with Gasteiger partial charge in [-0.2, -0.15) is 0 Å². The van der Waals surface area contributed by atoms with E-state index in [-0.39, 0.29) is 5.38 Å². The van der Waals surface area contributed by atoms with E-state index in [9.17, 15) is 0 Å². The van der Waals surface area contributed by atoms with E-state index in [1.807, 2.05) is 0 Å². The molecule has 1 aliphatic carbocycles. The van der Waals surface area contributed by atoms with Gasteiger partial charge in [-0.25, -0.2) is 4.98 Å². The lowest BCUT2D eigenvalue weighted by Gasteiger charge is -2.29. The van der Waals surface area contributed by atoms with Crippen LogP contribution >= 0.6 is 22.9 Å². The van der Waals surface area contributed by atoms with Gasteiger partial charge in [-0.05, 0) is 43.2 Å². The highest BCUT2D eigenvalue weighted by Gasteiger charge is 2.28. The number of benzene rings is 1. The lowest BCUT2D eigenvalue weighted by molar-refractivity contribution is 0.438. The van der Waals surface area contributed by atoms with Crippen LogP contribution in [0.25, 0.3) is 0 Å². The Bertz CT molecular complexity index is 549. The van der Waals surface area contributed by atoms with Crippen LogP contribution in [0.3, 0.4) is 0 Å². The lowest BCUT2D eigenvalue weighted by Crippen LogP contribution is -2.19. The van der Waals surface area contributed by atoms with E-state index in [4.69, 9.17) is 11.6 Å². The molecule has 0 spiro atoms. The Balaban J connectivity index is 1.80. The molecule has 0 saturated heterocycles. The molecule has 3 rings (SSSR count). The van der Waals surface area contributed by atoms with E-state index in [0.29, 0.717) is 5.92 Å². The first-order valence-electron chi connectivity index (χ1n) is 6.37. The third kappa shape index (κ3) is 2.32. The number of hydrogen-bond acceptors (Lipinski definition) is 2. The summed E-state index contributed by atoms with van der Waals surface area (Å²) < 4.78 is 0. The maximum Gasteiger partial charge on any atom is 0.0897 e. The second kappa shape index (κ2) is 5.02. The topological polar surface area (TPSA) is 12.9 Å². The Kier molecular flexibility index (Phi) is 3.40. The van der Waals surface area contributed by atoms with E-state index in [1.54, 1.807) is 11.3 Å². The predicted octanol–water partition coefficient (Wildman–Crippen LogP) is 4.54. The minimum absolute atomic E-state index is 0.136. The first-order chi connectivity index (χ1) is 8.74. The van der Waals surface area contributed by atoms with Crippen molar-refractivity contribution in [2.24, 2.45) is 5.92 Å². The molecule has 1 aliphatic rings. The SMILES string of the molecule is Cc1nc(CC2CCc3ccccc3C2Cl)cs1. The summed E-state index contributed by atoms with van der Waals surface area (Å²) in [4.78, 5) is 4.56. The first-order valence-corrected chi connectivity index (χ1v) is 7.68. The molecule has 1 nitrogen and oxygen atoms in total. The van der Waals surface area contributed by atoms with Crippen LogP contribution in [0.1, 0.15) is 33.6 Å². The van der Waals surface area contributed by atoms with Crippen LogP contribution in [0.2, 0.25) is 0 Å². The molecule has 0 radical (unpaired) electrons. The second-order valence-corrected chi connectivity index (χ2v) is 6.49. The molecule has 3 heteroatoms. The van der Waals surface area contributed by atoms with Gasteiger partial charge in [0.15, 0.2) is 0 Å². The molecule has 0 N–H and O–H groups in total. The summed E-state index contributed by atoms with van der Waals surface area (Å²) in [6.07, 6.45) is 3.32. The van der Waals surface area contributed by atoms with Crippen molar-refractivity contribution in [1.29, 1.82) is 0 Å². The minimum atomic E-state index is 0.136. The molecular weight excluding hydrogens is 262 g/mol. The van der Waals surface area contributed by atoms with Crippen LogP contribution in [0.4, 0.5) is 0 Å². The van der Waals surface area contributed by atoms with Gasteiger partial charge in [-0.1, -0.05) is 24.3 Å². The summed E-state index contributed by atoms with van der Waals surface area (Å²) in [5, 5.41) is 3.45. The molecular formula is C15H16ClNS. The molecule has 2 aromatic rings. The molecule has 2 atom stereocenters. The molecule has 1 heterocycles. The van der Waals surface area contributed by atoms with Crippen LogP contribution in [-0.2, 0) is 12.8 Å². The summed E-state index contributed by atoms with van der Waals surface area (Å²) in [5.74, 6) is 0.517. The number of alkyl halides is 1. The van der Waals surface area contributed by atoms with Gasteiger partial charge in [0.1, 0.15) is 0 Å². The van der Waals surface area contributed by atoms with Gasteiger partial charge in [-0.15, -0.1) is 22.9 Å². The van der Waals surface area contributed by atoms with E-state index in [0.717, 1.165) is 17.8 Å². The number of rotatable bonds is 2. The van der Waals surface area contributed by atoms with E-state index >= 15 is 0 Å². The van der Waals surface area contributed by atoms with Crippen molar-refractivity contribution in [2.45, 2.75) is 31.6 Å². The molecule has 0 bridgehead atoms. The van der Waals surface area contributed by atoms with Crippen LogP contribution in [-0.4, -0.2) is 4.98 Å². The highest BCUT2D eigenvalue weighted by molar-refractivity contribution is 7.09. The lowest BCUT2D eigenvalue weighted by atomic mass is 9.81. The Morgan fingerprint density at radius 1 is 1.39 bits per heavy atom. The second-order valence-electron chi connectivity index (χ2n) is 4.96. The number of aromatic nitrogens is 1. The Morgan fingerprint density at radius 2 is 2.22 bits per heavy atom. The van der Waals surface area contributed by atoms with E-state index in [2.05, 4.69) is 41.6 Å². The molecule has 0 aliphatic heterocycles. The normalized spacial score (nSPS) is 22.8. The third-order valence-electron chi connectivity index (χ3n) is 3.69. The van der Waals surface area contributed by atoms with Gasteiger partial charge >= 0.3 is 0 Å². The molecule has 1 aromatic carbocycles. The highest BCUT2D eigenvalue weighted by Crippen LogP contribution is 2.40. The molecule has 0 amide bonds. The maximum atomic E-state index is 6.65. The smallest absolute Gasteiger partial charge is 0.0897 e. The Hall–Kier alpha value is -0.860. The van der Waals surface area contributed by atoms with E-state index in [1.165, 1.54) is 23.2 Å². The summed E-state index contributed by atoms with van der Waals surface area (Å²) in [6.45, 7) is 2.06. The standard InChI is InChI=1S/C15H16ClNS/c1-10-17-13(9-18-10)8-12-7-6-11-4-2-3-5-14(11)15(12)16/h2-5,9,12,15H,6-8H2,1H3. The van der Waals surface area contributed by atoms with Crippen molar-refractivity contribution < 1.29 is 0 Å². The maximum absolute atomic E-state index is 6.65. The monoisotopic (exact) mass is 277 g/mol. The van der Waals surface area contributed by atoms with Crippen LogP contribution in [0, 0.1) is 12.8 Å². The van der Waals surface area contributed by atoms with Crippen LogP contribution < -0.4 is 0 Å². The number of thiazole rings is 1. The summed E-state index contributed by atoms with van der Waals surface area (Å²) in [6, 6.07) is 8.57. The van der Waals surface area contributed by atoms with E-state index < -0.39 is 0 Å². The zero-order valence-corrected chi connectivity index (χ0v) is 12.0. The molecule has 0 saturated carbocycles. The van der Waals surface area contributed by atoms with Gasteiger partial charge in [0, 0.05) is 5.38 Å². The van der Waals surface area contributed by atoms with Gasteiger partial charge in [-0.3, -0.25) is 0 Å². The highest BCUT2D eigenvalue weighted by atomic mass is 35.5. The van der Waals surface area contributed by atoms with Gasteiger partial charge in [0.05, 0.1) is 16.1 Å². The molecule has 94 valence electrons. The summed E-state index contributed by atoms with van der Waals surface area (Å²) in [7, 11) is 0. The zero-order chi connectivity index (χ0) is 12.5. The van der Waals surface area contributed by atoms with Gasteiger partial charge in [0.2, 0.25) is 0 Å². The zero-order valence-electron chi connectivity index (χ0n) is 10.4. The largest absolute Gasteiger partial charge is 0.247 e. The fourth-order valence-electron chi connectivity index (χ4n) is 2.75. The molecule has 0 fully saturated rings. The molecule has 1 aromatic heterocycles. The average molecular weight is 278 g/mol. The van der Waals surface area contributed by atoms with Crippen LogP contribution in [0.15, 0.2) is 29.6 Å².